The second kappa shape index (κ2) is 9.92. The summed E-state index contributed by atoms with van der Waals surface area (Å²) in [5.41, 5.74) is 7.08. The number of ether oxygens (including phenoxy) is 1. The van der Waals surface area contributed by atoms with E-state index in [1.165, 1.54) is 12.8 Å². The minimum atomic E-state index is 0. The quantitative estimate of drug-likeness (QED) is 0.768. The van der Waals surface area contributed by atoms with Crippen molar-refractivity contribution in [2.75, 3.05) is 32.0 Å². The highest BCUT2D eigenvalue weighted by molar-refractivity contribution is 5.85. The summed E-state index contributed by atoms with van der Waals surface area (Å²) in [7, 11) is 0. The minimum absolute atomic E-state index is 0. The molecule has 0 aromatic carbocycles. The van der Waals surface area contributed by atoms with E-state index in [2.05, 4.69) is 15.2 Å². The van der Waals surface area contributed by atoms with Gasteiger partial charge in [0, 0.05) is 56.6 Å². The highest BCUT2D eigenvalue weighted by Gasteiger charge is 2.43. The van der Waals surface area contributed by atoms with Gasteiger partial charge in [0.2, 0.25) is 5.91 Å². The van der Waals surface area contributed by atoms with Crippen molar-refractivity contribution in [3.63, 3.8) is 0 Å². The van der Waals surface area contributed by atoms with Crippen LogP contribution in [0.4, 0.5) is 5.82 Å². The molecule has 0 unspecified atom stereocenters. The second-order valence-electron chi connectivity index (χ2n) is 7.74. The van der Waals surface area contributed by atoms with Gasteiger partial charge in [0.25, 0.3) is 0 Å². The van der Waals surface area contributed by atoms with Crippen LogP contribution in [0.1, 0.15) is 31.2 Å². The van der Waals surface area contributed by atoms with E-state index >= 15 is 0 Å². The molecule has 2 saturated heterocycles. The number of carbonyl (C=O) groups excluding carboxylic acids is 1. The lowest BCUT2D eigenvalue weighted by Gasteiger charge is -2.25. The van der Waals surface area contributed by atoms with E-state index in [4.69, 9.17) is 10.5 Å². The molecule has 6 nitrogen and oxygen atoms in total. The van der Waals surface area contributed by atoms with Crippen LogP contribution in [0, 0.1) is 17.8 Å². The summed E-state index contributed by atoms with van der Waals surface area (Å²) in [5, 5.41) is 3.37. The summed E-state index contributed by atoms with van der Waals surface area (Å²) >= 11 is 0. The van der Waals surface area contributed by atoms with E-state index in [1.54, 1.807) is 6.20 Å². The maximum Gasteiger partial charge on any atom is 0.223 e. The standard InChI is InChI=1S/C19H28N4O2.2ClH/c20-18-15(2-1-7-21-18)10-23-11-16(13-3-4-13)17(12-23)22-19(24)14-5-8-25-9-6-14;;/h1-2,7,13-14,16-17H,3-6,8-12H2,(H2,20,21)(H,22,24);2*1H/t16-,17+;;/m1../s1. The number of hydrogen-bond acceptors (Lipinski definition) is 5. The van der Waals surface area contributed by atoms with Crippen molar-refractivity contribution >= 4 is 36.5 Å². The Labute approximate surface area is 173 Å². The molecule has 8 heteroatoms. The van der Waals surface area contributed by atoms with Crippen molar-refractivity contribution in [1.82, 2.24) is 15.2 Å². The SMILES string of the molecule is Cl.Cl.Nc1ncccc1CN1C[C@H](NC(=O)C2CCOCC2)[C@@H](C2CC2)C1. The number of nitrogen functional groups attached to an aromatic ring is 1. The topological polar surface area (TPSA) is 80.5 Å². The molecular formula is C19H30Cl2N4O2. The van der Waals surface area contributed by atoms with Crippen molar-refractivity contribution in [3.8, 4) is 0 Å². The number of nitrogens with zero attached hydrogens (tertiary/aromatic N) is 2. The first-order chi connectivity index (χ1) is 12.2. The number of pyridine rings is 1. The third-order valence-corrected chi connectivity index (χ3v) is 5.91. The highest BCUT2D eigenvalue weighted by atomic mass is 35.5. The molecule has 2 atom stereocenters. The van der Waals surface area contributed by atoms with Crippen LogP contribution < -0.4 is 11.1 Å². The predicted octanol–water partition coefficient (Wildman–Crippen LogP) is 2.26. The number of halogens is 2. The van der Waals surface area contributed by atoms with Gasteiger partial charge in [-0.1, -0.05) is 6.07 Å². The van der Waals surface area contributed by atoms with E-state index in [-0.39, 0.29) is 42.7 Å². The van der Waals surface area contributed by atoms with Crippen molar-refractivity contribution in [3.05, 3.63) is 23.9 Å². The normalized spacial score (nSPS) is 26.1. The smallest absolute Gasteiger partial charge is 0.223 e. The van der Waals surface area contributed by atoms with E-state index in [9.17, 15) is 4.79 Å². The first-order valence-electron chi connectivity index (χ1n) is 9.50. The lowest BCUT2D eigenvalue weighted by molar-refractivity contribution is -0.128. The molecule has 152 valence electrons. The summed E-state index contributed by atoms with van der Waals surface area (Å²) < 4.78 is 5.38. The molecule has 2 aliphatic heterocycles. The Hall–Kier alpha value is -1.08. The maximum absolute atomic E-state index is 12.6. The molecule has 1 saturated carbocycles. The van der Waals surface area contributed by atoms with Gasteiger partial charge >= 0.3 is 0 Å². The summed E-state index contributed by atoms with van der Waals surface area (Å²) in [4.78, 5) is 19.3. The first kappa shape index (κ1) is 22.2. The number of aromatic nitrogens is 1. The van der Waals surface area contributed by atoms with Gasteiger partial charge < -0.3 is 15.8 Å². The Morgan fingerprint density at radius 1 is 1.22 bits per heavy atom. The molecule has 0 spiro atoms. The van der Waals surface area contributed by atoms with Gasteiger partial charge in [-0.3, -0.25) is 9.69 Å². The van der Waals surface area contributed by atoms with E-state index < -0.39 is 0 Å². The molecule has 0 bridgehead atoms. The Balaban J connectivity index is 0.00000131. The van der Waals surface area contributed by atoms with Gasteiger partial charge in [-0.15, -0.1) is 24.8 Å². The molecule has 3 fully saturated rings. The summed E-state index contributed by atoms with van der Waals surface area (Å²) in [6.07, 6.45) is 6.03. The molecule has 1 amide bonds. The van der Waals surface area contributed by atoms with Gasteiger partial charge in [0.1, 0.15) is 5.82 Å². The Kier molecular flexibility index (Phi) is 8.16. The zero-order chi connectivity index (χ0) is 17.2. The molecule has 3 heterocycles. The van der Waals surface area contributed by atoms with Crippen LogP contribution in [0.3, 0.4) is 0 Å². The molecule has 1 aliphatic carbocycles. The third-order valence-electron chi connectivity index (χ3n) is 5.91. The zero-order valence-corrected chi connectivity index (χ0v) is 17.1. The molecule has 4 rings (SSSR count). The second-order valence-corrected chi connectivity index (χ2v) is 7.74. The number of amides is 1. The lowest BCUT2D eigenvalue weighted by Crippen LogP contribution is -2.45. The van der Waals surface area contributed by atoms with Crippen LogP contribution >= 0.6 is 24.8 Å². The fraction of sp³-hybridized carbons (Fsp3) is 0.684. The Bertz CT molecular complexity index is 623. The fourth-order valence-corrected chi connectivity index (χ4v) is 4.28. The van der Waals surface area contributed by atoms with Crippen LogP contribution in [-0.2, 0) is 16.1 Å². The fourth-order valence-electron chi connectivity index (χ4n) is 4.28. The number of hydrogen-bond donors (Lipinski definition) is 2. The Morgan fingerprint density at radius 3 is 2.63 bits per heavy atom. The molecule has 0 radical (unpaired) electrons. The first-order valence-corrected chi connectivity index (χ1v) is 9.50. The van der Waals surface area contributed by atoms with Crippen LogP contribution in [-0.4, -0.2) is 48.1 Å². The van der Waals surface area contributed by atoms with Crippen molar-refractivity contribution in [2.45, 2.75) is 38.3 Å². The summed E-state index contributed by atoms with van der Waals surface area (Å²) in [6, 6.07) is 4.24. The molecular weight excluding hydrogens is 387 g/mol. The van der Waals surface area contributed by atoms with Crippen LogP contribution in [0.25, 0.3) is 0 Å². The van der Waals surface area contributed by atoms with Gasteiger partial charge in [-0.2, -0.15) is 0 Å². The summed E-state index contributed by atoms with van der Waals surface area (Å²) in [5.74, 6) is 2.30. The molecule has 1 aromatic rings. The number of anilines is 1. The van der Waals surface area contributed by atoms with Crippen LogP contribution in [0.15, 0.2) is 18.3 Å². The molecule has 1 aromatic heterocycles. The van der Waals surface area contributed by atoms with Gasteiger partial charge in [0.05, 0.1) is 0 Å². The third kappa shape index (κ3) is 5.47. The number of carbonyl (C=O) groups is 1. The number of likely N-dealkylation sites (tertiary alicyclic amines) is 1. The van der Waals surface area contributed by atoms with Gasteiger partial charge in [0.15, 0.2) is 0 Å². The monoisotopic (exact) mass is 416 g/mol. The minimum Gasteiger partial charge on any atom is -0.383 e. The predicted molar refractivity (Wildman–Crippen MR) is 110 cm³/mol. The lowest BCUT2D eigenvalue weighted by atomic mass is 9.95. The maximum atomic E-state index is 12.6. The molecule has 3 N–H and O–H groups in total. The molecule has 27 heavy (non-hydrogen) atoms. The van der Waals surface area contributed by atoms with E-state index in [0.717, 1.165) is 44.0 Å². The zero-order valence-electron chi connectivity index (χ0n) is 15.5. The molecule has 3 aliphatic rings. The van der Waals surface area contributed by atoms with Crippen molar-refractivity contribution in [2.24, 2.45) is 17.8 Å². The van der Waals surface area contributed by atoms with E-state index in [1.807, 2.05) is 12.1 Å². The average molecular weight is 417 g/mol. The largest absolute Gasteiger partial charge is 0.383 e. The van der Waals surface area contributed by atoms with Crippen LogP contribution in [0.5, 0.6) is 0 Å². The number of rotatable bonds is 5. The number of nitrogens with one attached hydrogen (secondary N) is 1. The van der Waals surface area contributed by atoms with Crippen LogP contribution in [0.2, 0.25) is 0 Å². The highest BCUT2D eigenvalue weighted by Crippen LogP contribution is 2.42. The van der Waals surface area contributed by atoms with Gasteiger partial charge in [-0.05, 0) is 43.6 Å². The van der Waals surface area contributed by atoms with Gasteiger partial charge in [-0.25, -0.2) is 4.98 Å². The van der Waals surface area contributed by atoms with Crippen molar-refractivity contribution < 1.29 is 9.53 Å². The van der Waals surface area contributed by atoms with Crippen molar-refractivity contribution in [1.29, 1.82) is 0 Å². The van der Waals surface area contributed by atoms with E-state index in [0.29, 0.717) is 24.9 Å². The average Bonchev–Trinajstić information content (AvgIpc) is 3.40. The number of nitrogens with two attached hydrogens (primary N) is 1. The Morgan fingerprint density at radius 2 is 1.96 bits per heavy atom. The summed E-state index contributed by atoms with van der Waals surface area (Å²) in [6.45, 7) is 4.18.